The minimum absolute atomic E-state index is 0.205. The number of nitrogens with zero attached hydrogens (tertiary/aromatic N) is 1. The minimum atomic E-state index is -0.537. The van der Waals surface area contributed by atoms with E-state index in [9.17, 15) is 18.8 Å². The van der Waals surface area contributed by atoms with E-state index in [1.807, 2.05) is 32.9 Å². The molecule has 9 heteroatoms. The van der Waals surface area contributed by atoms with Gasteiger partial charge in [0.05, 0.1) is 11.5 Å². The molecule has 0 radical (unpaired) electrons. The van der Waals surface area contributed by atoms with Crippen LogP contribution in [0.5, 0.6) is 11.5 Å². The van der Waals surface area contributed by atoms with Gasteiger partial charge in [-0.3, -0.25) is 19.3 Å². The van der Waals surface area contributed by atoms with E-state index >= 15 is 0 Å². The van der Waals surface area contributed by atoms with E-state index in [0.29, 0.717) is 29.4 Å². The zero-order valence-electron chi connectivity index (χ0n) is 21.2. The second kappa shape index (κ2) is 12.0. The smallest absolute Gasteiger partial charge is 0.294 e. The van der Waals surface area contributed by atoms with Gasteiger partial charge in [-0.1, -0.05) is 35.9 Å². The van der Waals surface area contributed by atoms with Gasteiger partial charge < -0.3 is 14.8 Å². The highest BCUT2D eigenvalue weighted by molar-refractivity contribution is 8.18. The molecule has 0 aromatic heterocycles. The van der Waals surface area contributed by atoms with Crippen LogP contribution in [0.15, 0.2) is 65.6 Å². The van der Waals surface area contributed by atoms with Crippen molar-refractivity contribution in [1.82, 2.24) is 4.90 Å². The molecule has 7 nitrogen and oxygen atoms in total. The van der Waals surface area contributed by atoms with Gasteiger partial charge in [0.15, 0.2) is 11.5 Å². The number of nitrogens with one attached hydrogen (secondary N) is 1. The van der Waals surface area contributed by atoms with Gasteiger partial charge >= 0.3 is 0 Å². The Hall–Kier alpha value is -4.11. The highest BCUT2D eigenvalue weighted by Gasteiger charge is 2.36. The molecule has 0 saturated carbocycles. The molecule has 0 aliphatic carbocycles. The zero-order chi connectivity index (χ0) is 27.2. The number of anilines is 1. The molecule has 3 amide bonds. The maximum Gasteiger partial charge on any atom is 0.294 e. The number of ether oxygens (including phenoxy) is 2. The van der Waals surface area contributed by atoms with Crippen molar-refractivity contribution in [3.05, 3.63) is 93.6 Å². The molecule has 1 fully saturated rings. The lowest BCUT2D eigenvalue weighted by molar-refractivity contribution is -0.127. The third-order valence-corrected chi connectivity index (χ3v) is 6.61. The number of halogens is 1. The molecule has 0 spiro atoms. The van der Waals surface area contributed by atoms with Gasteiger partial charge in [-0.15, -0.1) is 0 Å². The molecule has 1 N–H and O–H groups in total. The summed E-state index contributed by atoms with van der Waals surface area (Å²) in [5.74, 6) is -0.355. The molecule has 3 aromatic carbocycles. The van der Waals surface area contributed by atoms with Crippen LogP contribution in [0.4, 0.5) is 14.9 Å². The first-order valence-corrected chi connectivity index (χ1v) is 12.8. The van der Waals surface area contributed by atoms with Gasteiger partial charge in [-0.25, -0.2) is 4.39 Å². The first kappa shape index (κ1) is 26.9. The molecule has 4 rings (SSSR count). The summed E-state index contributed by atoms with van der Waals surface area (Å²) in [6.07, 6.45) is 1.58. The van der Waals surface area contributed by atoms with Crippen LogP contribution >= 0.6 is 11.8 Å². The molecule has 1 aliphatic heterocycles. The summed E-state index contributed by atoms with van der Waals surface area (Å²) in [5.41, 5.74) is 4.02. The molecule has 1 heterocycles. The molecular weight excluding hydrogens is 507 g/mol. The number of carbonyl (C=O) groups is 3. The maximum absolute atomic E-state index is 13.1. The number of benzene rings is 3. The Morgan fingerprint density at radius 2 is 1.76 bits per heavy atom. The predicted octanol–water partition coefficient (Wildman–Crippen LogP) is 6.10. The second-order valence-corrected chi connectivity index (χ2v) is 9.68. The topological polar surface area (TPSA) is 84.9 Å². The van der Waals surface area contributed by atoms with Gasteiger partial charge in [0, 0.05) is 5.69 Å². The van der Waals surface area contributed by atoms with Crippen molar-refractivity contribution in [1.29, 1.82) is 0 Å². The van der Waals surface area contributed by atoms with E-state index in [0.717, 1.165) is 33.4 Å². The van der Waals surface area contributed by atoms with Gasteiger partial charge in [0.2, 0.25) is 5.91 Å². The molecule has 38 heavy (non-hydrogen) atoms. The van der Waals surface area contributed by atoms with Crippen molar-refractivity contribution in [3.8, 4) is 11.5 Å². The summed E-state index contributed by atoms with van der Waals surface area (Å²) in [6, 6.07) is 16.8. The largest absolute Gasteiger partial charge is 0.490 e. The molecule has 1 aliphatic rings. The second-order valence-electron chi connectivity index (χ2n) is 8.69. The van der Waals surface area contributed by atoms with E-state index in [1.54, 1.807) is 42.5 Å². The number of aryl methyl sites for hydroxylation is 2. The number of hydrogen-bond donors (Lipinski definition) is 1. The summed E-state index contributed by atoms with van der Waals surface area (Å²) in [5, 5.41) is 2.25. The number of imide groups is 1. The average molecular weight is 535 g/mol. The number of thioether (sulfide) groups is 1. The first-order chi connectivity index (χ1) is 18.2. The number of rotatable bonds is 9. The Morgan fingerprint density at radius 3 is 2.47 bits per heavy atom. The lowest BCUT2D eigenvalue weighted by Gasteiger charge is -2.14. The fraction of sp³-hybridized carbons (Fsp3) is 0.207. The van der Waals surface area contributed by atoms with E-state index < -0.39 is 17.1 Å². The number of hydrogen-bond acceptors (Lipinski definition) is 6. The molecule has 3 aromatic rings. The lowest BCUT2D eigenvalue weighted by Crippen LogP contribution is -2.36. The van der Waals surface area contributed by atoms with E-state index in [2.05, 4.69) is 5.32 Å². The Morgan fingerprint density at radius 1 is 1.00 bits per heavy atom. The van der Waals surface area contributed by atoms with Crippen LogP contribution < -0.4 is 14.8 Å². The van der Waals surface area contributed by atoms with Crippen LogP contribution in [0.2, 0.25) is 0 Å². The van der Waals surface area contributed by atoms with Crippen molar-refractivity contribution < 1.29 is 28.2 Å². The fourth-order valence-corrected chi connectivity index (χ4v) is 4.66. The highest BCUT2D eigenvalue weighted by atomic mass is 32.2. The third kappa shape index (κ3) is 6.60. The zero-order valence-corrected chi connectivity index (χ0v) is 22.1. The van der Waals surface area contributed by atoms with Crippen molar-refractivity contribution in [3.63, 3.8) is 0 Å². The fourth-order valence-electron chi connectivity index (χ4n) is 3.82. The van der Waals surface area contributed by atoms with Crippen LogP contribution in [0.1, 0.15) is 29.2 Å². The van der Waals surface area contributed by atoms with Crippen LogP contribution in [0.25, 0.3) is 6.08 Å². The number of amides is 3. The minimum Gasteiger partial charge on any atom is -0.490 e. The summed E-state index contributed by atoms with van der Waals surface area (Å²) in [7, 11) is 0. The van der Waals surface area contributed by atoms with Gasteiger partial charge in [0.1, 0.15) is 19.0 Å². The molecule has 0 bridgehead atoms. The summed E-state index contributed by atoms with van der Waals surface area (Å²) in [4.78, 5) is 39.2. The van der Waals surface area contributed by atoms with Crippen LogP contribution in [0.3, 0.4) is 0 Å². The Kier molecular flexibility index (Phi) is 8.48. The van der Waals surface area contributed by atoms with E-state index in [-0.39, 0.29) is 23.9 Å². The number of carbonyl (C=O) groups excluding carboxylic acids is 3. The Balaban J connectivity index is 1.44. The van der Waals surface area contributed by atoms with Crippen LogP contribution in [-0.2, 0) is 16.2 Å². The summed E-state index contributed by atoms with van der Waals surface area (Å²) < 4.78 is 24.7. The Labute approximate surface area is 224 Å². The molecular formula is C29H27FN2O5S. The average Bonchev–Trinajstić information content (AvgIpc) is 3.13. The lowest BCUT2D eigenvalue weighted by atomic mass is 10.1. The Bertz CT molecular complexity index is 1400. The van der Waals surface area contributed by atoms with Gasteiger partial charge in [-0.2, -0.15) is 0 Å². The maximum atomic E-state index is 13.1. The van der Waals surface area contributed by atoms with E-state index in [1.165, 1.54) is 12.1 Å². The first-order valence-electron chi connectivity index (χ1n) is 12.0. The third-order valence-electron chi connectivity index (χ3n) is 5.70. The summed E-state index contributed by atoms with van der Waals surface area (Å²) >= 11 is 0.778. The highest BCUT2D eigenvalue weighted by Crippen LogP contribution is 2.35. The summed E-state index contributed by atoms with van der Waals surface area (Å²) in [6.45, 7) is 5.91. The predicted molar refractivity (Wildman–Crippen MR) is 146 cm³/mol. The van der Waals surface area contributed by atoms with E-state index in [4.69, 9.17) is 9.47 Å². The van der Waals surface area contributed by atoms with Crippen molar-refractivity contribution in [2.24, 2.45) is 0 Å². The molecule has 196 valence electrons. The monoisotopic (exact) mass is 534 g/mol. The van der Waals surface area contributed by atoms with Gasteiger partial charge in [-0.05, 0) is 85.6 Å². The standard InChI is InChI=1S/C29H27FN2O5S/c1-4-36-25-14-21(8-12-24(25)37-17-20-6-9-22(30)10-7-20)15-26-28(34)32(29(35)38-26)16-27(33)31-23-11-5-18(2)13-19(23)3/h5-15H,4,16-17H2,1-3H3,(H,31,33)/b26-15-. The van der Waals surface area contributed by atoms with Gasteiger partial charge in [0.25, 0.3) is 11.1 Å². The molecule has 0 unspecified atom stereocenters. The SMILES string of the molecule is CCOc1cc(/C=C2\SC(=O)N(CC(=O)Nc3ccc(C)cc3C)C2=O)ccc1OCc1ccc(F)cc1. The normalized spacial score (nSPS) is 14.2. The molecule has 1 saturated heterocycles. The molecule has 0 atom stereocenters. The van der Waals surface area contributed by atoms with Crippen molar-refractivity contribution in [2.75, 3.05) is 18.5 Å². The van der Waals surface area contributed by atoms with Crippen molar-refractivity contribution >= 4 is 40.6 Å². The quantitative estimate of drug-likeness (QED) is 0.334. The van der Waals surface area contributed by atoms with Crippen LogP contribution in [0, 0.1) is 19.7 Å². The van der Waals surface area contributed by atoms with Crippen LogP contribution in [-0.4, -0.2) is 35.1 Å². The van der Waals surface area contributed by atoms with Crippen molar-refractivity contribution in [2.45, 2.75) is 27.4 Å².